The Kier molecular flexibility index (Phi) is 4.85. The second kappa shape index (κ2) is 8.02. The number of hydrogen-bond acceptors (Lipinski definition) is 7. The van der Waals surface area contributed by atoms with Crippen molar-refractivity contribution >= 4 is 28.4 Å². The number of para-hydroxylation sites is 1. The van der Waals surface area contributed by atoms with Gasteiger partial charge in [0.15, 0.2) is 11.5 Å². The average molecular weight is 447 g/mol. The summed E-state index contributed by atoms with van der Waals surface area (Å²) in [6.07, 6.45) is 10.0. The third-order valence-electron chi connectivity index (χ3n) is 6.63. The Balaban J connectivity index is 1.48. The molecule has 10 nitrogen and oxygen atoms in total. The highest BCUT2D eigenvalue weighted by atomic mass is 16.5. The van der Waals surface area contributed by atoms with Crippen molar-refractivity contribution in [1.82, 2.24) is 34.7 Å². The number of anilines is 1. The first-order valence-corrected chi connectivity index (χ1v) is 11.5. The summed E-state index contributed by atoms with van der Waals surface area (Å²) < 4.78 is 9.27. The van der Waals surface area contributed by atoms with Crippen LogP contribution in [0.15, 0.2) is 30.6 Å². The van der Waals surface area contributed by atoms with Crippen LogP contribution in [-0.4, -0.2) is 55.0 Å². The van der Waals surface area contributed by atoms with Gasteiger partial charge in [-0.3, -0.25) is 9.48 Å². The molecule has 0 radical (unpaired) electrons. The van der Waals surface area contributed by atoms with E-state index >= 15 is 0 Å². The molecule has 4 heterocycles. The molecule has 1 saturated carbocycles. The zero-order chi connectivity index (χ0) is 22.4. The smallest absolute Gasteiger partial charge is 0.242 e. The topological polar surface area (TPSA) is 111 Å². The molecule has 3 aromatic heterocycles. The lowest BCUT2D eigenvalue weighted by Crippen LogP contribution is -2.38. The average Bonchev–Trinajstić information content (AvgIpc) is 3.39. The highest BCUT2D eigenvalue weighted by Crippen LogP contribution is 2.33. The Labute approximate surface area is 190 Å². The first-order chi connectivity index (χ1) is 16.2. The van der Waals surface area contributed by atoms with Crippen molar-refractivity contribution in [3.05, 3.63) is 30.6 Å². The molecule has 2 aliphatic rings. The SMILES string of the molecule is COc1cccc2c1nc(N[C@@H]1CCCCNC1=O)n1nc(-c3cnn(C4CCC4)c3)nc21. The van der Waals surface area contributed by atoms with Gasteiger partial charge in [0, 0.05) is 18.1 Å². The summed E-state index contributed by atoms with van der Waals surface area (Å²) in [7, 11) is 1.62. The molecule has 2 fully saturated rings. The predicted molar refractivity (Wildman–Crippen MR) is 123 cm³/mol. The van der Waals surface area contributed by atoms with Crippen molar-refractivity contribution in [2.75, 3.05) is 19.0 Å². The van der Waals surface area contributed by atoms with Crippen molar-refractivity contribution in [2.45, 2.75) is 50.6 Å². The minimum Gasteiger partial charge on any atom is -0.494 e. The lowest BCUT2D eigenvalue weighted by Gasteiger charge is -2.25. The standard InChI is InChI=1S/C23H26N8O2/c1-33-18-10-5-8-16-19(18)27-23(26-17-9-2-3-11-24-22(17)32)31-21(16)28-20(29-31)14-12-25-30(13-14)15-6-4-7-15/h5,8,10,12-13,15,17H,2-4,6-7,9,11H2,1H3,(H,24,32)(H,26,27)/t17-/m1/s1. The van der Waals surface area contributed by atoms with E-state index in [9.17, 15) is 4.79 Å². The fourth-order valence-corrected chi connectivity index (χ4v) is 4.52. The molecular formula is C23H26N8O2. The van der Waals surface area contributed by atoms with Crippen LogP contribution in [-0.2, 0) is 4.79 Å². The third-order valence-corrected chi connectivity index (χ3v) is 6.63. The summed E-state index contributed by atoms with van der Waals surface area (Å²) in [6.45, 7) is 0.698. The van der Waals surface area contributed by atoms with E-state index in [-0.39, 0.29) is 11.9 Å². The van der Waals surface area contributed by atoms with Crippen LogP contribution >= 0.6 is 0 Å². The molecule has 0 unspecified atom stereocenters. The van der Waals surface area contributed by atoms with Gasteiger partial charge >= 0.3 is 0 Å². The number of hydrogen-bond donors (Lipinski definition) is 2. The number of methoxy groups -OCH3 is 1. The van der Waals surface area contributed by atoms with Crippen LogP contribution in [0.3, 0.4) is 0 Å². The molecule has 4 aromatic rings. The molecule has 1 atom stereocenters. The van der Waals surface area contributed by atoms with E-state index in [0.29, 0.717) is 41.3 Å². The number of carbonyl (C=O) groups excluding carboxylic acids is 1. The molecule has 1 aromatic carbocycles. The number of nitrogens with zero attached hydrogens (tertiary/aromatic N) is 6. The van der Waals surface area contributed by atoms with E-state index in [1.54, 1.807) is 11.6 Å². The molecule has 1 saturated heterocycles. The zero-order valence-electron chi connectivity index (χ0n) is 18.5. The molecule has 0 bridgehead atoms. The maximum atomic E-state index is 12.6. The first-order valence-electron chi connectivity index (χ1n) is 11.5. The number of rotatable bonds is 5. The van der Waals surface area contributed by atoms with Crippen molar-refractivity contribution in [3.8, 4) is 17.1 Å². The van der Waals surface area contributed by atoms with E-state index < -0.39 is 0 Å². The van der Waals surface area contributed by atoms with Crippen molar-refractivity contribution in [1.29, 1.82) is 0 Å². The second-order valence-corrected chi connectivity index (χ2v) is 8.74. The lowest BCUT2D eigenvalue weighted by atomic mass is 9.93. The van der Waals surface area contributed by atoms with Gasteiger partial charge < -0.3 is 15.4 Å². The quantitative estimate of drug-likeness (QED) is 0.485. The minimum atomic E-state index is -0.385. The fourth-order valence-electron chi connectivity index (χ4n) is 4.52. The van der Waals surface area contributed by atoms with Gasteiger partial charge in [-0.25, -0.2) is 9.97 Å². The Hall–Kier alpha value is -3.69. The van der Waals surface area contributed by atoms with Gasteiger partial charge in [0.25, 0.3) is 0 Å². The summed E-state index contributed by atoms with van der Waals surface area (Å²) in [6, 6.07) is 5.82. The van der Waals surface area contributed by atoms with Gasteiger partial charge in [-0.15, -0.1) is 5.10 Å². The van der Waals surface area contributed by atoms with Crippen LogP contribution in [0.2, 0.25) is 0 Å². The van der Waals surface area contributed by atoms with Crippen LogP contribution in [0.4, 0.5) is 5.95 Å². The molecular weight excluding hydrogens is 420 g/mol. The minimum absolute atomic E-state index is 0.0234. The summed E-state index contributed by atoms with van der Waals surface area (Å²) in [5, 5.41) is 16.4. The Bertz CT molecular complexity index is 1340. The highest BCUT2D eigenvalue weighted by Gasteiger charge is 2.25. The van der Waals surface area contributed by atoms with Gasteiger partial charge in [-0.2, -0.15) is 9.61 Å². The fraction of sp³-hybridized carbons (Fsp3) is 0.435. The number of fused-ring (bicyclic) bond motifs is 3. The maximum Gasteiger partial charge on any atom is 0.242 e. The highest BCUT2D eigenvalue weighted by molar-refractivity contribution is 5.96. The molecule has 170 valence electrons. The Morgan fingerprint density at radius 2 is 2.06 bits per heavy atom. The largest absolute Gasteiger partial charge is 0.494 e. The van der Waals surface area contributed by atoms with E-state index in [4.69, 9.17) is 19.8 Å². The molecule has 1 amide bonds. The van der Waals surface area contributed by atoms with Gasteiger partial charge in [0.05, 0.1) is 24.9 Å². The zero-order valence-corrected chi connectivity index (χ0v) is 18.5. The summed E-state index contributed by atoms with van der Waals surface area (Å²) in [5.74, 6) is 1.66. The van der Waals surface area contributed by atoms with Crippen molar-refractivity contribution in [3.63, 3.8) is 0 Å². The third kappa shape index (κ3) is 3.46. The number of aromatic nitrogens is 6. The van der Waals surface area contributed by atoms with Gasteiger partial charge in [-0.1, -0.05) is 6.07 Å². The first kappa shape index (κ1) is 20.0. The number of nitrogens with one attached hydrogen (secondary N) is 2. The lowest BCUT2D eigenvalue weighted by molar-refractivity contribution is -0.121. The molecule has 10 heteroatoms. The Morgan fingerprint density at radius 1 is 1.15 bits per heavy atom. The normalized spacial score (nSPS) is 19.3. The number of amides is 1. The van der Waals surface area contributed by atoms with Crippen molar-refractivity contribution in [2.24, 2.45) is 0 Å². The number of carbonyl (C=O) groups is 1. The maximum absolute atomic E-state index is 12.6. The van der Waals surface area contributed by atoms with E-state index in [1.165, 1.54) is 6.42 Å². The number of ether oxygens (including phenoxy) is 1. The van der Waals surface area contributed by atoms with Crippen molar-refractivity contribution < 1.29 is 9.53 Å². The summed E-state index contributed by atoms with van der Waals surface area (Å²) in [4.78, 5) is 22.3. The van der Waals surface area contributed by atoms with Gasteiger partial charge in [0.1, 0.15) is 17.3 Å². The predicted octanol–water partition coefficient (Wildman–Crippen LogP) is 2.96. The van der Waals surface area contributed by atoms with E-state index in [0.717, 1.165) is 43.1 Å². The summed E-state index contributed by atoms with van der Waals surface area (Å²) >= 11 is 0. The molecule has 1 aliphatic carbocycles. The Morgan fingerprint density at radius 3 is 2.88 bits per heavy atom. The molecule has 6 rings (SSSR count). The molecule has 0 spiro atoms. The molecule has 33 heavy (non-hydrogen) atoms. The molecule has 2 N–H and O–H groups in total. The van der Waals surface area contributed by atoms with Crippen LogP contribution in [0.25, 0.3) is 27.9 Å². The monoisotopic (exact) mass is 446 g/mol. The van der Waals surface area contributed by atoms with Crippen LogP contribution < -0.4 is 15.4 Å². The van der Waals surface area contributed by atoms with Crippen LogP contribution in [0.1, 0.15) is 44.6 Å². The van der Waals surface area contributed by atoms with E-state index in [1.807, 2.05) is 35.3 Å². The molecule has 1 aliphatic heterocycles. The van der Waals surface area contributed by atoms with E-state index in [2.05, 4.69) is 15.7 Å². The van der Waals surface area contributed by atoms with Gasteiger partial charge in [-0.05, 0) is 50.7 Å². The van der Waals surface area contributed by atoms with Crippen LogP contribution in [0, 0.1) is 0 Å². The van der Waals surface area contributed by atoms with Crippen LogP contribution in [0.5, 0.6) is 5.75 Å². The second-order valence-electron chi connectivity index (χ2n) is 8.74. The van der Waals surface area contributed by atoms with Gasteiger partial charge in [0.2, 0.25) is 11.9 Å². The summed E-state index contributed by atoms with van der Waals surface area (Å²) in [5.41, 5.74) is 2.19. The number of benzene rings is 1.